The third kappa shape index (κ3) is 5.54. The first-order valence-corrected chi connectivity index (χ1v) is 14.5. The topological polar surface area (TPSA) is 57.9 Å². The van der Waals surface area contributed by atoms with Crippen molar-refractivity contribution in [2.45, 2.75) is 37.6 Å². The van der Waals surface area contributed by atoms with Crippen molar-refractivity contribution in [1.82, 2.24) is 14.4 Å². The number of phenolic OH excluding ortho intramolecular Hbond substituents is 1. The Bertz CT molecular complexity index is 1260. The van der Waals surface area contributed by atoms with Crippen LogP contribution in [0.1, 0.15) is 35.5 Å². The van der Waals surface area contributed by atoms with Gasteiger partial charge in [-0.15, -0.1) is 11.8 Å². The van der Waals surface area contributed by atoms with Gasteiger partial charge >= 0.3 is 5.97 Å². The molecule has 0 amide bonds. The number of thioether (sulfide) groups is 1. The Morgan fingerprint density at radius 2 is 1.83 bits per heavy atom. The SMILES string of the molecule is CCOC(=O)c1c(CSc2c(Cl)cccc2Cl)n(CC)c2cc(Br)c(O)c(CN3CCN(C)CC3)c12. The number of phenols is 1. The Morgan fingerprint density at radius 1 is 1.17 bits per heavy atom. The van der Waals surface area contributed by atoms with Crippen LogP contribution in [-0.2, 0) is 23.6 Å². The van der Waals surface area contributed by atoms with E-state index in [-0.39, 0.29) is 12.4 Å². The lowest BCUT2D eigenvalue weighted by Gasteiger charge is -2.32. The molecular weight excluding hydrogens is 585 g/mol. The van der Waals surface area contributed by atoms with Crippen LogP contribution in [0.2, 0.25) is 10.0 Å². The Balaban J connectivity index is 1.88. The summed E-state index contributed by atoms with van der Waals surface area (Å²) in [5.74, 6) is 0.234. The van der Waals surface area contributed by atoms with Crippen LogP contribution in [0.15, 0.2) is 33.6 Å². The zero-order chi connectivity index (χ0) is 26.0. The molecule has 194 valence electrons. The van der Waals surface area contributed by atoms with Gasteiger partial charge in [0.05, 0.1) is 32.2 Å². The second-order valence-electron chi connectivity index (χ2n) is 8.78. The first-order chi connectivity index (χ1) is 17.3. The number of rotatable bonds is 8. The second kappa shape index (κ2) is 12.0. The molecule has 0 bridgehead atoms. The van der Waals surface area contributed by atoms with Gasteiger partial charge in [-0.25, -0.2) is 4.79 Å². The first kappa shape index (κ1) is 27.6. The largest absolute Gasteiger partial charge is 0.506 e. The number of esters is 1. The average molecular weight is 615 g/mol. The number of ether oxygens (including phenoxy) is 1. The third-order valence-electron chi connectivity index (χ3n) is 6.53. The van der Waals surface area contributed by atoms with E-state index >= 15 is 0 Å². The number of carbonyl (C=O) groups excluding carboxylic acids is 1. The number of likely N-dealkylation sites (N-methyl/N-ethyl adjacent to an activating group) is 1. The predicted octanol–water partition coefficient (Wildman–Crippen LogP) is 6.65. The highest BCUT2D eigenvalue weighted by Crippen LogP contribution is 2.43. The number of hydrogen-bond donors (Lipinski definition) is 1. The molecule has 1 aliphatic rings. The van der Waals surface area contributed by atoms with Crippen LogP contribution < -0.4 is 0 Å². The van der Waals surface area contributed by atoms with Crippen LogP contribution in [-0.4, -0.2) is 65.3 Å². The van der Waals surface area contributed by atoms with Crippen molar-refractivity contribution < 1.29 is 14.6 Å². The third-order valence-corrected chi connectivity index (χ3v) is 9.14. The van der Waals surface area contributed by atoms with E-state index in [1.165, 1.54) is 11.8 Å². The molecule has 36 heavy (non-hydrogen) atoms. The average Bonchev–Trinajstić information content (AvgIpc) is 3.15. The summed E-state index contributed by atoms with van der Waals surface area (Å²) in [5.41, 5.74) is 2.94. The molecule has 0 unspecified atom stereocenters. The minimum absolute atomic E-state index is 0.161. The smallest absolute Gasteiger partial charge is 0.340 e. The van der Waals surface area contributed by atoms with E-state index in [0.717, 1.165) is 53.2 Å². The van der Waals surface area contributed by atoms with Crippen LogP contribution in [0.25, 0.3) is 10.9 Å². The highest BCUT2D eigenvalue weighted by Gasteiger charge is 2.29. The van der Waals surface area contributed by atoms with Crippen LogP contribution in [0.3, 0.4) is 0 Å². The van der Waals surface area contributed by atoms with Gasteiger partial charge in [-0.1, -0.05) is 29.3 Å². The lowest BCUT2D eigenvalue weighted by molar-refractivity contribution is 0.0527. The number of halogens is 3. The van der Waals surface area contributed by atoms with Crippen LogP contribution >= 0.6 is 50.9 Å². The fourth-order valence-corrected chi connectivity index (χ4v) is 6.85. The highest BCUT2D eigenvalue weighted by atomic mass is 79.9. The molecular formula is C26H30BrCl2N3O3S. The van der Waals surface area contributed by atoms with Crippen molar-refractivity contribution in [3.63, 3.8) is 0 Å². The van der Waals surface area contributed by atoms with Gasteiger partial charge in [0.15, 0.2) is 0 Å². The van der Waals surface area contributed by atoms with Gasteiger partial charge in [-0.2, -0.15) is 0 Å². The Kier molecular flexibility index (Phi) is 9.18. The van der Waals surface area contributed by atoms with Crippen LogP contribution in [0, 0.1) is 0 Å². The standard InChI is InChI=1S/C26H30BrCl2N3O3S/c1-4-32-20-13-17(27)24(33)16(14-31-11-9-30(3)10-12-31)22(20)23(26(34)35-5-2)21(32)15-36-25-18(28)7-6-8-19(25)29/h6-8,13,33H,4-5,9-12,14-15H2,1-3H3. The van der Waals surface area contributed by atoms with Crippen molar-refractivity contribution in [3.05, 3.63) is 55.6 Å². The summed E-state index contributed by atoms with van der Waals surface area (Å²) < 4.78 is 8.26. The van der Waals surface area contributed by atoms with Gasteiger partial charge < -0.3 is 19.3 Å². The molecule has 1 N–H and O–H groups in total. The normalized spacial score (nSPS) is 15.1. The molecule has 1 fully saturated rings. The molecule has 2 aromatic carbocycles. The number of fused-ring (bicyclic) bond motifs is 1. The number of hydrogen-bond acceptors (Lipinski definition) is 6. The molecule has 2 heterocycles. The number of carbonyl (C=O) groups is 1. The molecule has 1 aromatic heterocycles. The maximum Gasteiger partial charge on any atom is 0.340 e. The van der Waals surface area contributed by atoms with E-state index in [2.05, 4.69) is 37.3 Å². The molecule has 0 atom stereocenters. The Hall–Kier alpha value is -1.42. The van der Waals surface area contributed by atoms with Gasteiger partial charge in [0.1, 0.15) is 5.75 Å². The van der Waals surface area contributed by atoms with E-state index in [9.17, 15) is 9.90 Å². The van der Waals surface area contributed by atoms with Crippen molar-refractivity contribution in [1.29, 1.82) is 0 Å². The van der Waals surface area contributed by atoms with Crippen molar-refractivity contribution in [2.24, 2.45) is 0 Å². The number of piperazine rings is 1. The van der Waals surface area contributed by atoms with E-state index in [0.29, 0.717) is 38.9 Å². The van der Waals surface area contributed by atoms with E-state index in [1.54, 1.807) is 19.1 Å². The second-order valence-corrected chi connectivity index (χ2v) is 11.4. The molecule has 10 heteroatoms. The summed E-state index contributed by atoms with van der Waals surface area (Å²) in [5, 5.41) is 13.1. The fraction of sp³-hybridized carbons (Fsp3) is 0.423. The number of aromatic hydroxyl groups is 1. The number of aromatic nitrogens is 1. The van der Waals surface area contributed by atoms with Gasteiger partial charge in [0.25, 0.3) is 0 Å². The number of nitrogens with zero attached hydrogens (tertiary/aromatic N) is 3. The molecule has 1 aliphatic heterocycles. The summed E-state index contributed by atoms with van der Waals surface area (Å²) >= 11 is 17.9. The van der Waals surface area contributed by atoms with Crippen LogP contribution in [0.4, 0.5) is 0 Å². The molecule has 0 radical (unpaired) electrons. The maximum absolute atomic E-state index is 13.4. The molecule has 0 aliphatic carbocycles. The number of benzene rings is 2. The maximum atomic E-state index is 13.4. The van der Waals surface area contributed by atoms with E-state index in [4.69, 9.17) is 27.9 Å². The lowest BCUT2D eigenvalue weighted by Crippen LogP contribution is -2.43. The Labute approximate surface area is 234 Å². The Morgan fingerprint density at radius 3 is 2.44 bits per heavy atom. The van der Waals surface area contributed by atoms with Crippen molar-refractivity contribution >= 4 is 67.8 Å². The fourth-order valence-electron chi connectivity index (χ4n) is 4.67. The molecule has 3 aromatic rings. The highest BCUT2D eigenvalue weighted by molar-refractivity contribution is 9.10. The lowest BCUT2D eigenvalue weighted by atomic mass is 10.0. The molecule has 6 nitrogen and oxygen atoms in total. The predicted molar refractivity (Wildman–Crippen MR) is 152 cm³/mol. The van der Waals surface area contributed by atoms with Gasteiger partial charge in [0, 0.05) is 66.6 Å². The molecule has 0 saturated carbocycles. The summed E-state index contributed by atoms with van der Waals surface area (Å²) in [6.07, 6.45) is 0. The zero-order valence-electron chi connectivity index (χ0n) is 20.6. The van der Waals surface area contributed by atoms with Gasteiger partial charge in [0.2, 0.25) is 0 Å². The zero-order valence-corrected chi connectivity index (χ0v) is 24.5. The van der Waals surface area contributed by atoms with Crippen molar-refractivity contribution in [2.75, 3.05) is 39.8 Å². The van der Waals surface area contributed by atoms with Crippen LogP contribution in [0.5, 0.6) is 5.75 Å². The monoisotopic (exact) mass is 613 g/mol. The van der Waals surface area contributed by atoms with E-state index < -0.39 is 5.97 Å². The summed E-state index contributed by atoms with van der Waals surface area (Å²) in [4.78, 5) is 18.8. The molecule has 4 rings (SSSR count). The van der Waals surface area contributed by atoms with Crippen molar-refractivity contribution in [3.8, 4) is 5.75 Å². The minimum atomic E-state index is -0.392. The summed E-state index contributed by atoms with van der Waals surface area (Å²) in [7, 11) is 2.11. The minimum Gasteiger partial charge on any atom is -0.506 e. The molecule has 1 saturated heterocycles. The van der Waals surface area contributed by atoms with E-state index in [1.807, 2.05) is 19.1 Å². The number of aryl methyl sites for hydroxylation is 1. The quantitative estimate of drug-likeness (QED) is 0.226. The van der Waals surface area contributed by atoms with Gasteiger partial charge in [-0.05, 0) is 55.0 Å². The molecule has 0 spiro atoms. The summed E-state index contributed by atoms with van der Waals surface area (Å²) in [6, 6.07) is 7.31. The summed E-state index contributed by atoms with van der Waals surface area (Å²) in [6.45, 7) is 8.99. The van der Waals surface area contributed by atoms with Gasteiger partial charge in [-0.3, -0.25) is 4.90 Å². The first-order valence-electron chi connectivity index (χ1n) is 12.0.